The zero-order chi connectivity index (χ0) is 12.9. The maximum Gasteiger partial charge on any atom is 0.214 e. The lowest BCUT2D eigenvalue weighted by molar-refractivity contribution is 0.127. The van der Waals surface area contributed by atoms with Crippen molar-refractivity contribution < 1.29 is 18.4 Å². The molecule has 8 heteroatoms. The van der Waals surface area contributed by atoms with Gasteiger partial charge < -0.3 is 15.7 Å². The molecule has 1 aliphatic heterocycles. The van der Waals surface area contributed by atoms with E-state index in [0.717, 1.165) is 12.8 Å². The van der Waals surface area contributed by atoms with E-state index in [1.165, 1.54) is 0 Å². The van der Waals surface area contributed by atoms with E-state index < -0.39 is 10.0 Å². The summed E-state index contributed by atoms with van der Waals surface area (Å²) in [5.41, 5.74) is 5.35. The van der Waals surface area contributed by atoms with E-state index in [1.807, 2.05) is 0 Å². The summed E-state index contributed by atoms with van der Waals surface area (Å²) in [5.74, 6) is -0.375. The predicted octanol–water partition coefficient (Wildman–Crippen LogP) is -0.533. The lowest BCUT2D eigenvalue weighted by atomic mass is 10.2. The first-order chi connectivity index (χ1) is 7.94. The first-order valence-corrected chi connectivity index (χ1v) is 7.16. The van der Waals surface area contributed by atoms with Gasteiger partial charge >= 0.3 is 0 Å². The molecule has 0 amide bonds. The van der Waals surface area contributed by atoms with Gasteiger partial charge in [-0.05, 0) is 12.8 Å². The van der Waals surface area contributed by atoms with E-state index in [0.29, 0.717) is 6.61 Å². The lowest BCUT2D eigenvalue weighted by Gasteiger charge is -2.13. The molecule has 1 heterocycles. The molecule has 0 spiro atoms. The Labute approximate surface area is 101 Å². The minimum Gasteiger partial charge on any atom is -0.409 e. The largest absolute Gasteiger partial charge is 0.409 e. The molecule has 0 radical (unpaired) electrons. The van der Waals surface area contributed by atoms with Crippen LogP contribution in [0.15, 0.2) is 5.16 Å². The molecular formula is C9H19N3O4S. The molecule has 100 valence electrons. The summed E-state index contributed by atoms with van der Waals surface area (Å²) in [6.07, 6.45) is 1.46. The van der Waals surface area contributed by atoms with Gasteiger partial charge in [-0.25, -0.2) is 13.1 Å². The Bertz CT molecular complexity index is 362. The van der Waals surface area contributed by atoms with Crippen LogP contribution >= 0.6 is 0 Å². The second kappa shape index (κ2) is 6.18. The molecule has 2 atom stereocenters. The zero-order valence-corrected chi connectivity index (χ0v) is 10.6. The van der Waals surface area contributed by atoms with Crippen molar-refractivity contribution in [1.29, 1.82) is 0 Å². The molecule has 17 heavy (non-hydrogen) atoms. The summed E-state index contributed by atoms with van der Waals surface area (Å²) in [6.45, 7) is 2.41. The average Bonchev–Trinajstić information content (AvgIpc) is 2.76. The number of rotatable bonds is 6. The fourth-order valence-corrected chi connectivity index (χ4v) is 2.91. The SMILES string of the molecule is CC(CNS(=O)(=O)CC1CCCO1)C(N)=NO. The van der Waals surface area contributed by atoms with Gasteiger partial charge in [-0.3, -0.25) is 0 Å². The molecular weight excluding hydrogens is 246 g/mol. The molecule has 7 nitrogen and oxygen atoms in total. The third-order valence-corrected chi connectivity index (χ3v) is 4.08. The fourth-order valence-electron chi connectivity index (χ4n) is 1.53. The van der Waals surface area contributed by atoms with Crippen molar-refractivity contribution in [3.05, 3.63) is 0 Å². The van der Waals surface area contributed by atoms with Gasteiger partial charge in [-0.15, -0.1) is 0 Å². The normalized spacial score (nSPS) is 23.8. The van der Waals surface area contributed by atoms with Gasteiger partial charge in [0.1, 0.15) is 5.84 Å². The van der Waals surface area contributed by atoms with Crippen LogP contribution in [0.3, 0.4) is 0 Å². The van der Waals surface area contributed by atoms with Gasteiger partial charge in [-0.1, -0.05) is 12.1 Å². The average molecular weight is 265 g/mol. The monoisotopic (exact) mass is 265 g/mol. The van der Waals surface area contributed by atoms with Crippen molar-refractivity contribution in [1.82, 2.24) is 4.72 Å². The van der Waals surface area contributed by atoms with Crippen LogP contribution in [0.1, 0.15) is 19.8 Å². The fraction of sp³-hybridized carbons (Fsp3) is 0.889. The van der Waals surface area contributed by atoms with E-state index in [1.54, 1.807) is 6.92 Å². The van der Waals surface area contributed by atoms with Crippen molar-refractivity contribution in [3.63, 3.8) is 0 Å². The first kappa shape index (κ1) is 14.2. The third-order valence-electron chi connectivity index (χ3n) is 2.66. The van der Waals surface area contributed by atoms with Crippen LogP contribution in [0, 0.1) is 5.92 Å². The zero-order valence-electron chi connectivity index (χ0n) is 9.80. The van der Waals surface area contributed by atoms with Crippen LogP contribution in [0.2, 0.25) is 0 Å². The Morgan fingerprint density at radius 3 is 2.94 bits per heavy atom. The summed E-state index contributed by atoms with van der Waals surface area (Å²) in [5, 5.41) is 11.3. The van der Waals surface area contributed by atoms with E-state index in [2.05, 4.69) is 9.88 Å². The minimum absolute atomic E-state index is 0.00446. The summed E-state index contributed by atoms with van der Waals surface area (Å²) in [6, 6.07) is 0. The molecule has 1 saturated heterocycles. The number of hydrogen-bond donors (Lipinski definition) is 3. The molecule has 0 aromatic carbocycles. The van der Waals surface area contributed by atoms with Crippen LogP contribution in [-0.2, 0) is 14.8 Å². The smallest absolute Gasteiger partial charge is 0.214 e. The maximum absolute atomic E-state index is 11.7. The van der Waals surface area contributed by atoms with Crippen LogP contribution in [-0.4, -0.2) is 44.5 Å². The topological polar surface area (TPSA) is 114 Å². The molecule has 0 aromatic heterocycles. The third kappa shape index (κ3) is 4.88. The van der Waals surface area contributed by atoms with Gasteiger partial charge in [0.2, 0.25) is 10.0 Å². The molecule has 0 aromatic rings. The number of hydrogen-bond acceptors (Lipinski definition) is 5. The Morgan fingerprint density at radius 1 is 1.71 bits per heavy atom. The Balaban J connectivity index is 2.38. The number of nitrogens with zero attached hydrogens (tertiary/aromatic N) is 1. The van der Waals surface area contributed by atoms with Gasteiger partial charge in [0.05, 0.1) is 11.9 Å². The van der Waals surface area contributed by atoms with Crippen LogP contribution < -0.4 is 10.5 Å². The Kier molecular flexibility index (Phi) is 5.16. The Hall–Kier alpha value is -0.860. The van der Waals surface area contributed by atoms with Gasteiger partial charge in [-0.2, -0.15) is 0 Å². The van der Waals surface area contributed by atoms with E-state index >= 15 is 0 Å². The molecule has 1 rings (SSSR count). The van der Waals surface area contributed by atoms with Crippen LogP contribution in [0.5, 0.6) is 0 Å². The van der Waals surface area contributed by atoms with Crippen LogP contribution in [0.4, 0.5) is 0 Å². The molecule has 4 N–H and O–H groups in total. The minimum atomic E-state index is -3.37. The highest BCUT2D eigenvalue weighted by Gasteiger charge is 2.23. The molecule has 1 fully saturated rings. The quantitative estimate of drug-likeness (QED) is 0.258. The lowest BCUT2D eigenvalue weighted by Crippen LogP contribution is -2.38. The Morgan fingerprint density at radius 2 is 2.41 bits per heavy atom. The number of oxime groups is 1. The second-order valence-corrected chi connectivity index (χ2v) is 6.04. The van der Waals surface area contributed by atoms with Gasteiger partial charge in [0.15, 0.2) is 0 Å². The van der Waals surface area contributed by atoms with Crippen molar-refractivity contribution >= 4 is 15.9 Å². The standard InChI is InChI=1S/C9H19N3O4S/c1-7(9(10)12-13)5-11-17(14,15)6-8-3-2-4-16-8/h7-8,11,13H,2-6H2,1H3,(H2,10,12). The first-order valence-electron chi connectivity index (χ1n) is 5.51. The number of ether oxygens (including phenoxy) is 1. The number of amidine groups is 1. The molecule has 2 unspecified atom stereocenters. The van der Waals surface area contributed by atoms with Gasteiger partial charge in [0, 0.05) is 19.1 Å². The second-order valence-electron chi connectivity index (χ2n) is 4.19. The molecule has 0 saturated carbocycles. The summed E-state index contributed by atoms with van der Waals surface area (Å²) < 4.78 is 31.0. The molecule has 0 aliphatic carbocycles. The summed E-state index contributed by atoms with van der Waals surface area (Å²) in [4.78, 5) is 0. The number of nitrogens with one attached hydrogen (secondary N) is 1. The van der Waals surface area contributed by atoms with E-state index in [4.69, 9.17) is 15.7 Å². The van der Waals surface area contributed by atoms with Crippen molar-refractivity contribution in [3.8, 4) is 0 Å². The molecule has 0 bridgehead atoms. The summed E-state index contributed by atoms with van der Waals surface area (Å²) in [7, 11) is -3.37. The predicted molar refractivity (Wildman–Crippen MR) is 63.3 cm³/mol. The van der Waals surface area contributed by atoms with Crippen molar-refractivity contribution in [2.24, 2.45) is 16.8 Å². The van der Waals surface area contributed by atoms with Crippen LogP contribution in [0.25, 0.3) is 0 Å². The van der Waals surface area contributed by atoms with Crippen molar-refractivity contribution in [2.45, 2.75) is 25.9 Å². The summed E-state index contributed by atoms with van der Waals surface area (Å²) >= 11 is 0. The maximum atomic E-state index is 11.7. The highest BCUT2D eigenvalue weighted by atomic mass is 32.2. The number of sulfonamides is 1. The van der Waals surface area contributed by atoms with Gasteiger partial charge in [0.25, 0.3) is 0 Å². The van der Waals surface area contributed by atoms with E-state index in [-0.39, 0.29) is 30.2 Å². The highest BCUT2D eigenvalue weighted by molar-refractivity contribution is 7.89. The van der Waals surface area contributed by atoms with E-state index in [9.17, 15) is 8.42 Å². The molecule has 1 aliphatic rings. The highest BCUT2D eigenvalue weighted by Crippen LogP contribution is 2.13. The number of nitrogens with two attached hydrogens (primary N) is 1. The van der Waals surface area contributed by atoms with Crippen molar-refractivity contribution in [2.75, 3.05) is 18.9 Å².